The third-order valence-corrected chi connectivity index (χ3v) is 2.49. The van der Waals surface area contributed by atoms with Crippen LogP contribution in [0.2, 0.25) is 0 Å². The van der Waals surface area contributed by atoms with E-state index in [2.05, 4.69) is 37.2 Å². The van der Waals surface area contributed by atoms with Crippen LogP contribution in [-0.2, 0) is 0 Å². The first-order valence-corrected chi connectivity index (χ1v) is 5.92. The van der Waals surface area contributed by atoms with Crippen molar-refractivity contribution in [1.29, 1.82) is 5.26 Å². The summed E-state index contributed by atoms with van der Waals surface area (Å²) < 4.78 is 0. The van der Waals surface area contributed by atoms with Crippen molar-refractivity contribution in [1.82, 2.24) is 10.2 Å². The summed E-state index contributed by atoms with van der Waals surface area (Å²) >= 11 is 0. The average molecular weight is 211 g/mol. The van der Waals surface area contributed by atoms with Crippen molar-refractivity contribution in [2.24, 2.45) is 0 Å². The van der Waals surface area contributed by atoms with Gasteiger partial charge >= 0.3 is 0 Å². The average Bonchev–Trinajstić information content (AvgIpc) is 2.23. The molecule has 88 valence electrons. The number of hydrogen-bond acceptors (Lipinski definition) is 3. The van der Waals surface area contributed by atoms with Gasteiger partial charge in [-0.1, -0.05) is 20.3 Å². The molecule has 1 N–H and O–H groups in total. The predicted octanol–water partition coefficient (Wildman–Crippen LogP) is 2.00. The van der Waals surface area contributed by atoms with Crippen LogP contribution in [0.1, 0.15) is 40.0 Å². The molecule has 1 atom stereocenters. The zero-order valence-electron chi connectivity index (χ0n) is 10.6. The van der Waals surface area contributed by atoms with Crippen LogP contribution < -0.4 is 5.32 Å². The van der Waals surface area contributed by atoms with Gasteiger partial charge in [-0.05, 0) is 39.9 Å². The van der Waals surface area contributed by atoms with Crippen LogP contribution in [0.5, 0.6) is 0 Å². The Morgan fingerprint density at radius 2 is 2.00 bits per heavy atom. The normalized spacial score (nSPS) is 14.9. The summed E-state index contributed by atoms with van der Waals surface area (Å²) in [5.74, 6) is 0. The summed E-state index contributed by atoms with van der Waals surface area (Å²) in [6.07, 6.45) is 3.47. The first-order chi connectivity index (χ1) is 7.08. The van der Waals surface area contributed by atoms with Crippen LogP contribution in [0.3, 0.4) is 0 Å². The zero-order chi connectivity index (χ0) is 11.7. The monoisotopic (exact) mass is 211 g/mol. The second-order valence-electron chi connectivity index (χ2n) is 4.46. The van der Waals surface area contributed by atoms with E-state index in [9.17, 15) is 0 Å². The van der Waals surface area contributed by atoms with E-state index in [1.165, 1.54) is 12.8 Å². The van der Waals surface area contributed by atoms with Crippen LogP contribution in [0, 0.1) is 11.3 Å². The third-order valence-electron chi connectivity index (χ3n) is 2.49. The maximum Gasteiger partial charge on any atom is 0.116 e. The van der Waals surface area contributed by atoms with E-state index in [0.29, 0.717) is 0 Å². The van der Waals surface area contributed by atoms with Crippen LogP contribution >= 0.6 is 0 Å². The summed E-state index contributed by atoms with van der Waals surface area (Å²) in [5, 5.41) is 12.4. The van der Waals surface area contributed by atoms with Crippen LogP contribution in [0.4, 0.5) is 0 Å². The second kappa shape index (κ2) is 7.67. The van der Waals surface area contributed by atoms with Gasteiger partial charge in [0.2, 0.25) is 0 Å². The number of nitrogens with zero attached hydrogens (tertiary/aromatic N) is 2. The summed E-state index contributed by atoms with van der Waals surface area (Å²) in [5.41, 5.74) is -0.404. The molecule has 1 unspecified atom stereocenters. The van der Waals surface area contributed by atoms with E-state index < -0.39 is 5.54 Å². The number of nitriles is 1. The molecule has 15 heavy (non-hydrogen) atoms. The van der Waals surface area contributed by atoms with Crippen LogP contribution in [-0.4, -0.2) is 37.1 Å². The van der Waals surface area contributed by atoms with Gasteiger partial charge in [0, 0.05) is 6.54 Å². The SMILES string of the molecule is CCCCN(C)CC(C)(C#N)NCCC. The lowest BCUT2D eigenvalue weighted by Crippen LogP contribution is -2.49. The summed E-state index contributed by atoms with van der Waals surface area (Å²) in [7, 11) is 2.08. The fourth-order valence-corrected chi connectivity index (χ4v) is 1.58. The van der Waals surface area contributed by atoms with Crippen molar-refractivity contribution in [3.05, 3.63) is 0 Å². The van der Waals surface area contributed by atoms with E-state index in [-0.39, 0.29) is 0 Å². The molecule has 0 aliphatic heterocycles. The highest BCUT2D eigenvalue weighted by Crippen LogP contribution is 2.05. The lowest BCUT2D eigenvalue weighted by Gasteiger charge is -2.28. The molecule has 0 aromatic heterocycles. The standard InChI is InChI=1S/C12H25N3/c1-5-7-9-15(4)11-12(3,10-13)14-8-6-2/h14H,5-9,11H2,1-4H3. The summed E-state index contributed by atoms with van der Waals surface area (Å²) in [6, 6.07) is 2.37. The number of unbranched alkanes of at least 4 members (excludes halogenated alkanes) is 1. The number of nitrogens with one attached hydrogen (secondary N) is 1. The molecule has 0 saturated carbocycles. The highest BCUT2D eigenvalue weighted by molar-refractivity contribution is 5.05. The molecule has 0 aliphatic carbocycles. The van der Waals surface area contributed by atoms with Crippen molar-refractivity contribution >= 4 is 0 Å². The van der Waals surface area contributed by atoms with E-state index in [1.54, 1.807) is 0 Å². The molecule has 0 amide bonds. The fraction of sp³-hybridized carbons (Fsp3) is 0.917. The smallest absolute Gasteiger partial charge is 0.116 e. The van der Waals surface area contributed by atoms with Gasteiger partial charge < -0.3 is 4.90 Å². The Balaban J connectivity index is 4.01. The Bertz CT molecular complexity index is 198. The molecule has 3 heteroatoms. The first kappa shape index (κ1) is 14.4. The van der Waals surface area contributed by atoms with E-state index in [4.69, 9.17) is 5.26 Å². The van der Waals surface area contributed by atoms with Crippen molar-refractivity contribution in [2.45, 2.75) is 45.6 Å². The molecule has 0 bridgehead atoms. The van der Waals surface area contributed by atoms with Gasteiger partial charge in [-0.15, -0.1) is 0 Å². The summed E-state index contributed by atoms with van der Waals surface area (Å²) in [6.45, 7) is 9.06. The molecule has 3 nitrogen and oxygen atoms in total. The quantitative estimate of drug-likeness (QED) is 0.667. The maximum atomic E-state index is 9.15. The molecule has 0 aromatic rings. The molecule has 0 saturated heterocycles. The minimum absolute atomic E-state index is 0.404. The molecule has 0 aromatic carbocycles. The van der Waals surface area contributed by atoms with E-state index >= 15 is 0 Å². The molecular weight excluding hydrogens is 186 g/mol. The van der Waals surface area contributed by atoms with Gasteiger partial charge in [0.25, 0.3) is 0 Å². The number of rotatable bonds is 8. The van der Waals surface area contributed by atoms with Crippen molar-refractivity contribution in [2.75, 3.05) is 26.7 Å². The number of likely N-dealkylation sites (N-methyl/N-ethyl adjacent to an activating group) is 1. The van der Waals surface area contributed by atoms with E-state index in [0.717, 1.165) is 26.1 Å². The Morgan fingerprint density at radius 1 is 1.33 bits per heavy atom. The van der Waals surface area contributed by atoms with Crippen LogP contribution in [0.15, 0.2) is 0 Å². The third kappa shape index (κ3) is 6.48. The Morgan fingerprint density at radius 3 is 2.47 bits per heavy atom. The summed E-state index contributed by atoms with van der Waals surface area (Å²) in [4.78, 5) is 2.23. The Hall–Kier alpha value is -0.590. The second-order valence-corrected chi connectivity index (χ2v) is 4.46. The molecule has 0 radical (unpaired) electrons. The minimum atomic E-state index is -0.404. The Labute approximate surface area is 94.5 Å². The lowest BCUT2D eigenvalue weighted by molar-refractivity contribution is 0.257. The van der Waals surface area contributed by atoms with E-state index in [1.807, 2.05) is 6.92 Å². The van der Waals surface area contributed by atoms with Crippen molar-refractivity contribution < 1.29 is 0 Å². The number of hydrogen-bond donors (Lipinski definition) is 1. The Kier molecular flexibility index (Phi) is 7.37. The zero-order valence-corrected chi connectivity index (χ0v) is 10.6. The maximum absolute atomic E-state index is 9.15. The fourth-order valence-electron chi connectivity index (χ4n) is 1.58. The molecular formula is C12H25N3. The first-order valence-electron chi connectivity index (χ1n) is 5.92. The molecule has 0 fully saturated rings. The van der Waals surface area contributed by atoms with Crippen molar-refractivity contribution in [3.63, 3.8) is 0 Å². The van der Waals surface area contributed by atoms with Gasteiger partial charge in [0.15, 0.2) is 0 Å². The molecule has 0 aliphatic rings. The molecule has 0 heterocycles. The topological polar surface area (TPSA) is 39.1 Å². The van der Waals surface area contributed by atoms with Gasteiger partial charge in [-0.25, -0.2) is 0 Å². The highest BCUT2D eigenvalue weighted by atomic mass is 15.1. The molecule has 0 rings (SSSR count). The lowest BCUT2D eigenvalue weighted by atomic mass is 10.0. The highest BCUT2D eigenvalue weighted by Gasteiger charge is 2.24. The van der Waals surface area contributed by atoms with Gasteiger partial charge in [0.1, 0.15) is 5.54 Å². The molecule has 0 spiro atoms. The van der Waals surface area contributed by atoms with Gasteiger partial charge in [-0.3, -0.25) is 5.32 Å². The minimum Gasteiger partial charge on any atom is -0.303 e. The van der Waals surface area contributed by atoms with Gasteiger partial charge in [-0.2, -0.15) is 5.26 Å². The van der Waals surface area contributed by atoms with Crippen molar-refractivity contribution in [3.8, 4) is 6.07 Å². The largest absolute Gasteiger partial charge is 0.303 e. The van der Waals surface area contributed by atoms with Crippen LogP contribution in [0.25, 0.3) is 0 Å². The van der Waals surface area contributed by atoms with Gasteiger partial charge in [0.05, 0.1) is 6.07 Å². The predicted molar refractivity (Wildman–Crippen MR) is 64.7 cm³/mol.